The summed E-state index contributed by atoms with van der Waals surface area (Å²) in [5.41, 5.74) is 6.10. The summed E-state index contributed by atoms with van der Waals surface area (Å²) in [5.74, 6) is 1.76. The predicted molar refractivity (Wildman–Crippen MR) is 166 cm³/mol. The molecule has 5 atom stereocenters. The lowest BCUT2D eigenvalue weighted by atomic mass is 9.74. The largest absolute Gasteiger partial charge is 0.298 e. The lowest BCUT2D eigenvalue weighted by molar-refractivity contribution is -0.00496. The van der Waals surface area contributed by atoms with Crippen LogP contribution in [0, 0.1) is 18.8 Å². The molecule has 0 spiro atoms. The number of sulfonamides is 1. The molecule has 3 aromatic rings. The zero-order valence-electron chi connectivity index (χ0n) is 25.5. The van der Waals surface area contributed by atoms with E-state index in [1.165, 1.54) is 12.0 Å². The van der Waals surface area contributed by atoms with Gasteiger partial charge in [-0.1, -0.05) is 72.2 Å². The molecule has 216 valence electrons. The van der Waals surface area contributed by atoms with Gasteiger partial charge in [-0.15, -0.1) is 0 Å². The van der Waals surface area contributed by atoms with Crippen molar-refractivity contribution in [3.05, 3.63) is 70.4 Å². The highest BCUT2D eigenvalue weighted by atomic mass is 32.2. The molecule has 1 aromatic heterocycles. The van der Waals surface area contributed by atoms with E-state index in [4.69, 9.17) is 0 Å². The maximum absolute atomic E-state index is 14.7. The molecule has 4 heterocycles. The molecule has 0 aliphatic carbocycles. The third-order valence-electron chi connectivity index (χ3n) is 9.41. The van der Waals surface area contributed by atoms with Gasteiger partial charge in [0, 0.05) is 24.2 Å². The molecule has 3 aliphatic heterocycles. The first-order valence-electron chi connectivity index (χ1n) is 15.2. The Morgan fingerprint density at radius 2 is 1.60 bits per heavy atom. The molecule has 6 heteroatoms. The molecule has 1 N–H and O–H groups in total. The van der Waals surface area contributed by atoms with Gasteiger partial charge in [0.15, 0.2) is 0 Å². The Hall–Kier alpha value is -2.28. The second-order valence-electron chi connectivity index (χ2n) is 13.3. The predicted octanol–water partition coefficient (Wildman–Crippen LogP) is 7.66. The van der Waals surface area contributed by atoms with Crippen molar-refractivity contribution >= 4 is 20.9 Å². The van der Waals surface area contributed by atoms with E-state index in [0.29, 0.717) is 22.6 Å². The number of piperidine rings is 3. The monoisotopic (exact) mass is 561 g/mol. The summed E-state index contributed by atoms with van der Waals surface area (Å²) >= 11 is 0. The topological polar surface area (TPSA) is 62.3 Å². The molecule has 4 unspecified atom stereocenters. The molecule has 0 amide bonds. The third kappa shape index (κ3) is 5.47. The number of hydrogen-bond donors (Lipinski definition) is 1. The van der Waals surface area contributed by atoms with E-state index in [1.807, 2.05) is 18.3 Å². The highest BCUT2D eigenvalue weighted by Crippen LogP contribution is 2.43. The van der Waals surface area contributed by atoms with Crippen molar-refractivity contribution in [2.24, 2.45) is 11.8 Å². The molecular formula is C34H47N3O2S. The van der Waals surface area contributed by atoms with Gasteiger partial charge in [0.05, 0.1) is 16.5 Å². The van der Waals surface area contributed by atoms with Crippen LogP contribution in [-0.4, -0.2) is 37.4 Å². The van der Waals surface area contributed by atoms with Crippen LogP contribution in [-0.2, 0) is 10.0 Å². The van der Waals surface area contributed by atoms with Crippen molar-refractivity contribution in [3.8, 4) is 0 Å². The number of rotatable bonds is 8. The quantitative estimate of drug-likeness (QED) is 0.307. The number of nitrogens with zero attached hydrogens (tertiary/aromatic N) is 2. The van der Waals surface area contributed by atoms with Crippen molar-refractivity contribution in [1.82, 2.24) is 14.6 Å². The number of aryl methyl sites for hydroxylation is 1. The van der Waals surface area contributed by atoms with Crippen LogP contribution in [0.5, 0.6) is 0 Å². The molecule has 3 aliphatic rings. The Morgan fingerprint density at radius 1 is 0.925 bits per heavy atom. The van der Waals surface area contributed by atoms with E-state index in [9.17, 15) is 8.42 Å². The van der Waals surface area contributed by atoms with Crippen molar-refractivity contribution in [3.63, 3.8) is 0 Å². The zero-order chi connectivity index (χ0) is 28.9. The molecule has 2 bridgehead atoms. The molecule has 6 rings (SSSR count). The Balaban J connectivity index is 1.69. The van der Waals surface area contributed by atoms with Gasteiger partial charge >= 0.3 is 0 Å². The Morgan fingerprint density at radius 3 is 2.15 bits per heavy atom. The molecule has 2 aromatic carbocycles. The van der Waals surface area contributed by atoms with E-state index < -0.39 is 10.0 Å². The normalized spacial score (nSPS) is 24.0. The molecule has 0 saturated carbocycles. The number of aromatic nitrogens is 1. The van der Waals surface area contributed by atoms with E-state index in [2.05, 4.69) is 94.3 Å². The van der Waals surface area contributed by atoms with Crippen LogP contribution in [0.2, 0.25) is 0 Å². The Labute approximate surface area is 241 Å². The van der Waals surface area contributed by atoms with Gasteiger partial charge in [0.2, 0.25) is 10.0 Å². The summed E-state index contributed by atoms with van der Waals surface area (Å²) in [6.07, 6.45) is 4.03. The van der Waals surface area contributed by atoms with Gasteiger partial charge in [-0.2, -0.15) is 0 Å². The van der Waals surface area contributed by atoms with Crippen LogP contribution in [0.25, 0.3) is 10.9 Å². The average Bonchev–Trinajstić information content (AvgIpc) is 2.91. The van der Waals surface area contributed by atoms with E-state index in [1.54, 1.807) is 0 Å². The number of hydrogen-bond acceptors (Lipinski definition) is 4. The van der Waals surface area contributed by atoms with Gasteiger partial charge in [-0.3, -0.25) is 9.88 Å². The van der Waals surface area contributed by atoms with Crippen molar-refractivity contribution < 1.29 is 8.42 Å². The highest BCUT2D eigenvalue weighted by molar-refractivity contribution is 7.89. The number of fused-ring (bicyclic) bond motifs is 4. The van der Waals surface area contributed by atoms with Crippen molar-refractivity contribution in [2.75, 3.05) is 13.1 Å². The van der Waals surface area contributed by atoms with Crippen molar-refractivity contribution in [2.45, 2.75) is 103 Å². The van der Waals surface area contributed by atoms with Crippen LogP contribution < -0.4 is 4.72 Å². The lowest BCUT2D eigenvalue weighted by Gasteiger charge is -2.51. The molecule has 0 radical (unpaired) electrons. The van der Waals surface area contributed by atoms with Crippen LogP contribution in [0.15, 0.2) is 47.5 Å². The second kappa shape index (κ2) is 11.2. The van der Waals surface area contributed by atoms with Crippen LogP contribution >= 0.6 is 0 Å². The molecule has 5 nitrogen and oxygen atoms in total. The number of benzene rings is 2. The minimum absolute atomic E-state index is 0.0842. The van der Waals surface area contributed by atoms with E-state index in [-0.39, 0.29) is 23.9 Å². The summed E-state index contributed by atoms with van der Waals surface area (Å²) < 4.78 is 32.8. The molecule has 3 fully saturated rings. The van der Waals surface area contributed by atoms with Crippen LogP contribution in [0.3, 0.4) is 0 Å². The second-order valence-corrected chi connectivity index (χ2v) is 15.0. The van der Waals surface area contributed by atoms with Gasteiger partial charge in [-0.25, -0.2) is 13.1 Å². The Kier molecular flexibility index (Phi) is 8.17. The SMILES string of the molecule is Cc1ccc2nccc([C@H](NS(=O)(=O)c3c(C(C)C)cc(C(C)C)cc3C(C)C)C3CC4CCN3CC4C)c2c1. The summed E-state index contributed by atoms with van der Waals surface area (Å²) in [4.78, 5) is 7.65. The van der Waals surface area contributed by atoms with Gasteiger partial charge in [0.1, 0.15) is 0 Å². The van der Waals surface area contributed by atoms with Crippen molar-refractivity contribution in [1.29, 1.82) is 0 Å². The van der Waals surface area contributed by atoms with Gasteiger partial charge in [0.25, 0.3) is 0 Å². The summed E-state index contributed by atoms with van der Waals surface area (Å²) in [7, 11) is -3.86. The third-order valence-corrected chi connectivity index (χ3v) is 11.0. The highest BCUT2D eigenvalue weighted by Gasteiger charge is 2.44. The number of pyridine rings is 1. The lowest BCUT2D eigenvalue weighted by Crippen LogP contribution is -2.57. The summed E-state index contributed by atoms with van der Waals surface area (Å²) in [5, 5.41) is 1.04. The fraction of sp³-hybridized carbons (Fsp3) is 0.559. The van der Waals surface area contributed by atoms with Crippen LogP contribution in [0.1, 0.15) is 113 Å². The first kappa shape index (κ1) is 29.2. The van der Waals surface area contributed by atoms with E-state index in [0.717, 1.165) is 52.7 Å². The minimum atomic E-state index is -3.86. The molecule has 3 saturated heterocycles. The van der Waals surface area contributed by atoms with Crippen LogP contribution in [0.4, 0.5) is 0 Å². The van der Waals surface area contributed by atoms with Gasteiger partial charge in [-0.05, 0) is 96.4 Å². The first-order valence-corrected chi connectivity index (χ1v) is 16.6. The maximum atomic E-state index is 14.7. The Bertz CT molecular complexity index is 1470. The molecular weight excluding hydrogens is 514 g/mol. The van der Waals surface area contributed by atoms with Gasteiger partial charge < -0.3 is 0 Å². The minimum Gasteiger partial charge on any atom is -0.298 e. The molecule has 40 heavy (non-hydrogen) atoms. The summed E-state index contributed by atoms with van der Waals surface area (Å²) in [6.45, 7) is 19.2. The van der Waals surface area contributed by atoms with E-state index >= 15 is 0 Å². The average molecular weight is 562 g/mol. The fourth-order valence-corrected chi connectivity index (χ4v) is 8.96. The number of nitrogens with one attached hydrogen (secondary N) is 1. The summed E-state index contributed by atoms with van der Waals surface area (Å²) in [6, 6.07) is 12.3. The first-order chi connectivity index (χ1) is 18.9. The standard InChI is InChI=1S/C34H47N3O2S/c1-20(2)26-16-28(21(3)4)34(29(17-26)22(5)6)40(38,39)36-33(32-18-25-12-14-37(32)19-24(25)8)27-11-13-35-31-10-9-23(7)15-30(27)31/h9-11,13,15-17,20-22,24-25,32-33,36H,12,14,18-19H2,1-8H3/t24?,25?,32?,33-/m0/s1. The zero-order valence-corrected chi connectivity index (χ0v) is 26.3. The maximum Gasteiger partial charge on any atom is 0.241 e. The fourth-order valence-electron chi connectivity index (χ4n) is 7.01. The smallest absolute Gasteiger partial charge is 0.241 e.